The molecule has 0 atom stereocenters. The van der Waals surface area contributed by atoms with E-state index >= 15 is 0 Å². The Hall–Kier alpha value is -1.10. The maximum Gasteiger partial charge on any atom is 0.312 e. The van der Waals surface area contributed by atoms with Crippen molar-refractivity contribution in [2.45, 2.75) is 18.8 Å². The van der Waals surface area contributed by atoms with Gasteiger partial charge in [0.05, 0.1) is 0 Å². The van der Waals surface area contributed by atoms with E-state index < -0.39 is 0 Å². The van der Waals surface area contributed by atoms with Crippen molar-refractivity contribution in [3.63, 3.8) is 0 Å². The minimum atomic E-state index is 0.150. The van der Waals surface area contributed by atoms with Crippen LogP contribution in [0.3, 0.4) is 0 Å². The second kappa shape index (κ2) is 3.10. The highest BCUT2D eigenvalue weighted by Gasteiger charge is 2.20. The molecule has 1 saturated heterocycles. The van der Waals surface area contributed by atoms with E-state index in [-0.39, 0.29) is 6.01 Å². The molecule has 0 aromatic carbocycles. The molecule has 2 rings (SSSR count). The number of rotatable bonds is 1. The minimum Gasteiger partial charge on any atom is -0.408 e. The maximum absolute atomic E-state index is 5.31. The number of hydrogen-bond donors (Lipinski definition) is 1. The van der Waals surface area contributed by atoms with Gasteiger partial charge in [-0.15, -0.1) is 5.10 Å². The molecule has 0 bridgehead atoms. The van der Waals surface area contributed by atoms with E-state index in [4.69, 9.17) is 14.9 Å². The number of nitrogen functional groups attached to an aromatic ring is 1. The van der Waals surface area contributed by atoms with Gasteiger partial charge in [0.15, 0.2) is 0 Å². The van der Waals surface area contributed by atoms with E-state index in [1.165, 1.54) is 0 Å². The Morgan fingerprint density at radius 1 is 1.25 bits per heavy atom. The molecule has 0 amide bonds. The molecule has 5 nitrogen and oxygen atoms in total. The third-order valence-electron chi connectivity index (χ3n) is 2.03. The van der Waals surface area contributed by atoms with Gasteiger partial charge in [0.25, 0.3) is 0 Å². The Bertz CT molecular complexity index is 255. The monoisotopic (exact) mass is 169 g/mol. The van der Waals surface area contributed by atoms with Gasteiger partial charge in [0.1, 0.15) is 0 Å². The summed E-state index contributed by atoms with van der Waals surface area (Å²) in [4.78, 5) is 0. The third kappa shape index (κ3) is 1.40. The molecule has 0 aliphatic carbocycles. The van der Waals surface area contributed by atoms with Crippen molar-refractivity contribution >= 4 is 6.01 Å². The number of ether oxygens (including phenoxy) is 1. The average Bonchev–Trinajstić information content (AvgIpc) is 2.54. The fraction of sp³-hybridized carbons (Fsp3) is 0.714. The Kier molecular flexibility index (Phi) is 1.95. The van der Waals surface area contributed by atoms with Crippen LogP contribution < -0.4 is 5.73 Å². The topological polar surface area (TPSA) is 74.2 Å². The Morgan fingerprint density at radius 3 is 2.58 bits per heavy atom. The van der Waals surface area contributed by atoms with Crippen molar-refractivity contribution in [2.24, 2.45) is 0 Å². The molecule has 2 heterocycles. The van der Waals surface area contributed by atoms with Crippen molar-refractivity contribution in [2.75, 3.05) is 18.9 Å². The first-order valence-corrected chi connectivity index (χ1v) is 4.03. The molecule has 1 aromatic heterocycles. The van der Waals surface area contributed by atoms with Crippen LogP contribution in [-0.4, -0.2) is 23.4 Å². The lowest BCUT2D eigenvalue weighted by atomic mass is 10.0. The smallest absolute Gasteiger partial charge is 0.312 e. The summed E-state index contributed by atoms with van der Waals surface area (Å²) in [5.74, 6) is 0.986. The van der Waals surface area contributed by atoms with Gasteiger partial charge < -0.3 is 14.9 Å². The largest absolute Gasteiger partial charge is 0.408 e. The molecule has 1 aliphatic heterocycles. The Balaban J connectivity index is 2.08. The van der Waals surface area contributed by atoms with Crippen LogP contribution in [0.15, 0.2) is 4.42 Å². The summed E-state index contributed by atoms with van der Waals surface area (Å²) in [6, 6.07) is 0.150. The van der Waals surface area contributed by atoms with Gasteiger partial charge in [-0.05, 0) is 12.8 Å². The minimum absolute atomic E-state index is 0.150. The molecule has 0 saturated carbocycles. The highest BCUT2D eigenvalue weighted by Crippen LogP contribution is 2.25. The van der Waals surface area contributed by atoms with E-state index in [0.717, 1.165) is 26.1 Å². The number of anilines is 1. The van der Waals surface area contributed by atoms with Crippen LogP contribution in [0.2, 0.25) is 0 Å². The van der Waals surface area contributed by atoms with Crippen molar-refractivity contribution in [3.8, 4) is 0 Å². The SMILES string of the molecule is Nc1nnc(C2CCOCC2)o1. The molecule has 2 N–H and O–H groups in total. The highest BCUT2D eigenvalue weighted by molar-refractivity contribution is 5.07. The van der Waals surface area contributed by atoms with Crippen molar-refractivity contribution in [3.05, 3.63) is 5.89 Å². The van der Waals surface area contributed by atoms with E-state index in [9.17, 15) is 0 Å². The predicted octanol–water partition coefficient (Wildman–Crippen LogP) is 0.546. The fourth-order valence-electron chi connectivity index (χ4n) is 1.36. The summed E-state index contributed by atoms with van der Waals surface area (Å²) in [6.07, 6.45) is 1.89. The zero-order valence-corrected chi connectivity index (χ0v) is 6.69. The molecule has 66 valence electrons. The Labute approximate surface area is 69.9 Å². The molecule has 0 unspecified atom stereocenters. The van der Waals surface area contributed by atoms with Crippen molar-refractivity contribution in [1.29, 1.82) is 0 Å². The summed E-state index contributed by atoms with van der Waals surface area (Å²) in [7, 11) is 0. The summed E-state index contributed by atoms with van der Waals surface area (Å²) in [6.45, 7) is 1.54. The van der Waals surface area contributed by atoms with Crippen LogP contribution in [0, 0.1) is 0 Å². The number of aromatic nitrogens is 2. The lowest BCUT2D eigenvalue weighted by Gasteiger charge is -2.18. The first-order chi connectivity index (χ1) is 5.86. The summed E-state index contributed by atoms with van der Waals surface area (Å²) >= 11 is 0. The van der Waals surface area contributed by atoms with Gasteiger partial charge >= 0.3 is 6.01 Å². The molecule has 0 spiro atoms. The first kappa shape index (κ1) is 7.54. The number of nitrogens with two attached hydrogens (primary N) is 1. The summed E-state index contributed by atoms with van der Waals surface area (Å²) < 4.78 is 10.3. The molecule has 1 aromatic rings. The van der Waals surface area contributed by atoms with Crippen LogP contribution in [0.25, 0.3) is 0 Å². The normalized spacial score (nSPS) is 19.7. The maximum atomic E-state index is 5.31. The molecular weight excluding hydrogens is 158 g/mol. The second-order valence-electron chi connectivity index (χ2n) is 2.87. The van der Waals surface area contributed by atoms with Crippen LogP contribution in [-0.2, 0) is 4.74 Å². The first-order valence-electron chi connectivity index (χ1n) is 4.03. The molecule has 1 aliphatic rings. The van der Waals surface area contributed by atoms with Crippen LogP contribution in [0.5, 0.6) is 0 Å². The van der Waals surface area contributed by atoms with Gasteiger partial charge in [0.2, 0.25) is 5.89 Å². The average molecular weight is 169 g/mol. The summed E-state index contributed by atoms with van der Waals surface area (Å²) in [5, 5.41) is 7.45. The fourth-order valence-corrected chi connectivity index (χ4v) is 1.36. The number of hydrogen-bond acceptors (Lipinski definition) is 5. The van der Waals surface area contributed by atoms with E-state index in [1.54, 1.807) is 0 Å². The van der Waals surface area contributed by atoms with Crippen LogP contribution >= 0.6 is 0 Å². The molecule has 5 heteroatoms. The van der Waals surface area contributed by atoms with Gasteiger partial charge in [-0.1, -0.05) is 5.10 Å². The van der Waals surface area contributed by atoms with Gasteiger partial charge in [-0.2, -0.15) is 0 Å². The third-order valence-corrected chi connectivity index (χ3v) is 2.03. The van der Waals surface area contributed by atoms with Crippen LogP contribution in [0.1, 0.15) is 24.7 Å². The van der Waals surface area contributed by atoms with Crippen LogP contribution in [0.4, 0.5) is 6.01 Å². The quantitative estimate of drug-likeness (QED) is 0.664. The molecular formula is C7H11N3O2. The zero-order valence-electron chi connectivity index (χ0n) is 6.69. The second-order valence-corrected chi connectivity index (χ2v) is 2.87. The van der Waals surface area contributed by atoms with E-state index in [1.807, 2.05) is 0 Å². The van der Waals surface area contributed by atoms with Crippen molar-refractivity contribution in [1.82, 2.24) is 10.2 Å². The van der Waals surface area contributed by atoms with Crippen molar-refractivity contribution < 1.29 is 9.15 Å². The summed E-state index contributed by atoms with van der Waals surface area (Å²) in [5.41, 5.74) is 5.31. The standard InChI is InChI=1S/C7H11N3O2/c8-7-10-9-6(12-7)5-1-3-11-4-2-5/h5H,1-4H2,(H2,8,10). The lowest BCUT2D eigenvalue weighted by Crippen LogP contribution is -2.14. The molecule has 0 radical (unpaired) electrons. The highest BCUT2D eigenvalue weighted by atomic mass is 16.5. The molecule has 12 heavy (non-hydrogen) atoms. The van der Waals surface area contributed by atoms with Gasteiger partial charge in [-0.3, -0.25) is 0 Å². The van der Waals surface area contributed by atoms with E-state index in [0.29, 0.717) is 11.8 Å². The van der Waals surface area contributed by atoms with E-state index in [2.05, 4.69) is 10.2 Å². The zero-order chi connectivity index (χ0) is 8.39. The predicted molar refractivity (Wildman–Crippen MR) is 41.5 cm³/mol. The lowest BCUT2D eigenvalue weighted by molar-refractivity contribution is 0.0796. The van der Waals surface area contributed by atoms with Gasteiger partial charge in [-0.25, -0.2) is 0 Å². The molecule has 1 fully saturated rings. The number of nitrogens with zero attached hydrogens (tertiary/aromatic N) is 2. The Morgan fingerprint density at radius 2 is 2.00 bits per heavy atom. The van der Waals surface area contributed by atoms with Gasteiger partial charge in [0, 0.05) is 19.1 Å².